The summed E-state index contributed by atoms with van der Waals surface area (Å²) < 4.78 is 9.71. The highest BCUT2D eigenvalue weighted by Crippen LogP contribution is 2.23. The van der Waals surface area contributed by atoms with E-state index in [0.717, 1.165) is 0 Å². The van der Waals surface area contributed by atoms with Gasteiger partial charge in [0.2, 0.25) is 0 Å². The van der Waals surface area contributed by atoms with E-state index >= 15 is 0 Å². The summed E-state index contributed by atoms with van der Waals surface area (Å²) in [7, 11) is 0. The van der Waals surface area contributed by atoms with Crippen molar-refractivity contribution in [1.29, 1.82) is 0 Å². The molecule has 9 nitrogen and oxygen atoms in total. The average Bonchev–Trinajstić information content (AvgIpc) is 2.38. The van der Waals surface area contributed by atoms with Crippen LogP contribution in [0.2, 0.25) is 0 Å². The van der Waals surface area contributed by atoms with Gasteiger partial charge < -0.3 is 45.2 Å². The fourth-order valence-electron chi connectivity index (χ4n) is 1.64. The van der Waals surface area contributed by atoms with Crippen LogP contribution in [0.5, 0.6) is 0 Å². The number of hydrogen-bond donors (Lipinski definition) is 7. The SMILES string of the molecule is C[C@@H](O)C(O)[C@H](O)O[C@H]1OC(CO)[C@@H](O)C(O)[C@@H]1O. The highest BCUT2D eigenvalue weighted by atomic mass is 16.8. The van der Waals surface area contributed by atoms with Crippen LogP contribution in [0.3, 0.4) is 0 Å². The Labute approximate surface area is 109 Å². The second-order valence-corrected chi connectivity index (χ2v) is 4.46. The van der Waals surface area contributed by atoms with Crippen molar-refractivity contribution in [1.82, 2.24) is 0 Å². The van der Waals surface area contributed by atoms with Crippen molar-refractivity contribution in [2.45, 2.75) is 56.1 Å². The predicted octanol–water partition coefficient (Wildman–Crippen LogP) is -4.14. The van der Waals surface area contributed by atoms with E-state index in [-0.39, 0.29) is 0 Å². The predicted molar refractivity (Wildman–Crippen MR) is 58.5 cm³/mol. The molecule has 1 heterocycles. The van der Waals surface area contributed by atoms with Crippen LogP contribution in [0, 0.1) is 0 Å². The molecule has 0 aromatic carbocycles. The molecular weight excluding hydrogens is 264 g/mol. The average molecular weight is 284 g/mol. The topological polar surface area (TPSA) is 160 Å². The van der Waals surface area contributed by atoms with Gasteiger partial charge >= 0.3 is 0 Å². The minimum atomic E-state index is -1.87. The Hall–Kier alpha value is -0.360. The lowest BCUT2D eigenvalue weighted by molar-refractivity contribution is -0.344. The van der Waals surface area contributed by atoms with Crippen LogP contribution in [0.15, 0.2) is 0 Å². The van der Waals surface area contributed by atoms with Gasteiger partial charge in [-0.25, -0.2) is 0 Å². The van der Waals surface area contributed by atoms with Gasteiger partial charge in [0, 0.05) is 0 Å². The molecule has 1 fully saturated rings. The first kappa shape index (κ1) is 16.7. The monoisotopic (exact) mass is 284 g/mol. The Morgan fingerprint density at radius 2 is 1.63 bits per heavy atom. The van der Waals surface area contributed by atoms with Crippen LogP contribution in [-0.2, 0) is 9.47 Å². The van der Waals surface area contributed by atoms with Gasteiger partial charge in [-0.2, -0.15) is 0 Å². The minimum Gasteiger partial charge on any atom is -0.394 e. The van der Waals surface area contributed by atoms with E-state index in [1.807, 2.05) is 0 Å². The van der Waals surface area contributed by atoms with Crippen LogP contribution < -0.4 is 0 Å². The molecule has 1 aliphatic rings. The molecule has 0 amide bonds. The first-order valence-corrected chi connectivity index (χ1v) is 5.79. The van der Waals surface area contributed by atoms with Gasteiger partial charge in [-0.05, 0) is 6.92 Å². The zero-order chi connectivity index (χ0) is 14.7. The lowest BCUT2D eigenvalue weighted by Gasteiger charge is -2.40. The van der Waals surface area contributed by atoms with Gasteiger partial charge in [0.15, 0.2) is 12.6 Å². The Kier molecular flexibility index (Phi) is 6.05. The summed E-state index contributed by atoms with van der Waals surface area (Å²) in [6.45, 7) is 0.574. The third-order valence-corrected chi connectivity index (χ3v) is 2.91. The molecule has 0 aliphatic carbocycles. The van der Waals surface area contributed by atoms with Crippen LogP contribution >= 0.6 is 0 Å². The van der Waals surface area contributed by atoms with Gasteiger partial charge in [0.1, 0.15) is 30.5 Å². The number of rotatable bonds is 5. The van der Waals surface area contributed by atoms with Gasteiger partial charge in [0.05, 0.1) is 12.7 Å². The Bertz CT molecular complexity index is 272. The van der Waals surface area contributed by atoms with Crippen molar-refractivity contribution < 1.29 is 45.2 Å². The van der Waals surface area contributed by atoms with Crippen molar-refractivity contribution in [3.05, 3.63) is 0 Å². The molecule has 19 heavy (non-hydrogen) atoms. The number of ether oxygens (including phenoxy) is 2. The molecule has 0 bridgehead atoms. The molecule has 0 saturated carbocycles. The Morgan fingerprint density at radius 3 is 2.11 bits per heavy atom. The van der Waals surface area contributed by atoms with Crippen molar-refractivity contribution in [3.8, 4) is 0 Å². The van der Waals surface area contributed by atoms with E-state index in [1.165, 1.54) is 6.92 Å². The lowest BCUT2D eigenvalue weighted by atomic mass is 9.99. The molecule has 1 saturated heterocycles. The molecule has 9 heteroatoms. The maximum Gasteiger partial charge on any atom is 0.189 e. The Morgan fingerprint density at radius 1 is 1.05 bits per heavy atom. The van der Waals surface area contributed by atoms with E-state index in [0.29, 0.717) is 0 Å². The summed E-state index contributed by atoms with van der Waals surface area (Å²) in [5, 5.41) is 65.3. The zero-order valence-corrected chi connectivity index (χ0v) is 10.3. The molecule has 8 atom stereocenters. The highest BCUT2D eigenvalue weighted by molar-refractivity contribution is 4.89. The summed E-state index contributed by atoms with van der Waals surface area (Å²) in [6, 6.07) is 0. The quantitative estimate of drug-likeness (QED) is 0.249. The molecule has 0 spiro atoms. The molecule has 0 radical (unpaired) electrons. The summed E-state index contributed by atoms with van der Waals surface area (Å²) in [5.74, 6) is 0. The number of aliphatic hydroxyl groups is 7. The molecule has 3 unspecified atom stereocenters. The van der Waals surface area contributed by atoms with E-state index in [2.05, 4.69) is 0 Å². The van der Waals surface area contributed by atoms with E-state index in [9.17, 15) is 25.5 Å². The van der Waals surface area contributed by atoms with Crippen LogP contribution in [-0.4, -0.2) is 91.6 Å². The first-order valence-electron chi connectivity index (χ1n) is 5.79. The summed E-state index contributed by atoms with van der Waals surface area (Å²) in [5.41, 5.74) is 0. The molecular formula is C10H20O9. The largest absolute Gasteiger partial charge is 0.394 e. The molecule has 0 aromatic heterocycles. The zero-order valence-electron chi connectivity index (χ0n) is 10.3. The molecule has 114 valence electrons. The van der Waals surface area contributed by atoms with Crippen molar-refractivity contribution in [3.63, 3.8) is 0 Å². The van der Waals surface area contributed by atoms with Crippen molar-refractivity contribution in [2.75, 3.05) is 6.61 Å². The fraction of sp³-hybridized carbons (Fsp3) is 1.00. The van der Waals surface area contributed by atoms with Gasteiger partial charge in [-0.3, -0.25) is 0 Å². The second kappa shape index (κ2) is 6.88. The van der Waals surface area contributed by atoms with Crippen LogP contribution in [0.1, 0.15) is 6.92 Å². The van der Waals surface area contributed by atoms with E-state index in [4.69, 9.17) is 19.7 Å². The smallest absolute Gasteiger partial charge is 0.189 e. The minimum absolute atomic E-state index is 0.639. The maximum absolute atomic E-state index is 9.59. The Balaban J connectivity index is 2.66. The van der Waals surface area contributed by atoms with Crippen molar-refractivity contribution in [2.24, 2.45) is 0 Å². The van der Waals surface area contributed by atoms with Crippen molar-refractivity contribution >= 4 is 0 Å². The molecule has 7 N–H and O–H groups in total. The van der Waals surface area contributed by atoms with Crippen LogP contribution in [0.4, 0.5) is 0 Å². The van der Waals surface area contributed by atoms with E-state index in [1.54, 1.807) is 0 Å². The van der Waals surface area contributed by atoms with E-state index < -0.39 is 55.8 Å². The molecule has 1 aliphatic heterocycles. The first-order chi connectivity index (χ1) is 8.79. The third-order valence-electron chi connectivity index (χ3n) is 2.91. The fourth-order valence-corrected chi connectivity index (χ4v) is 1.64. The normalized spacial score (nSPS) is 40.7. The lowest BCUT2D eigenvalue weighted by Crippen LogP contribution is -2.60. The summed E-state index contributed by atoms with van der Waals surface area (Å²) in [6.07, 6.45) is -12.4. The summed E-state index contributed by atoms with van der Waals surface area (Å²) in [4.78, 5) is 0. The third kappa shape index (κ3) is 3.81. The van der Waals surface area contributed by atoms with Crippen LogP contribution in [0.25, 0.3) is 0 Å². The van der Waals surface area contributed by atoms with Gasteiger partial charge in [-0.1, -0.05) is 0 Å². The van der Waals surface area contributed by atoms with Gasteiger partial charge in [0.25, 0.3) is 0 Å². The number of hydrogen-bond acceptors (Lipinski definition) is 9. The van der Waals surface area contributed by atoms with Gasteiger partial charge in [-0.15, -0.1) is 0 Å². The number of aliphatic hydroxyl groups excluding tert-OH is 7. The standard InChI is InChI=1S/C10H20O9/c1-3(12)5(13)9(17)19-10-8(16)7(15)6(14)4(2-11)18-10/h3-17H,2H2,1H3/t3-,4?,5?,6-,7?,8+,9-,10-/m1/s1. The highest BCUT2D eigenvalue weighted by Gasteiger charge is 2.45. The molecule has 0 aromatic rings. The summed E-state index contributed by atoms with van der Waals surface area (Å²) >= 11 is 0. The molecule has 1 rings (SSSR count). The second-order valence-electron chi connectivity index (χ2n) is 4.46. The maximum atomic E-state index is 9.59.